The summed E-state index contributed by atoms with van der Waals surface area (Å²) >= 11 is 0. The van der Waals surface area contributed by atoms with Crippen molar-refractivity contribution in [3.05, 3.63) is 48.0 Å². The third kappa shape index (κ3) is 3.81. The zero-order chi connectivity index (χ0) is 14.4. The molecule has 0 aliphatic rings. The lowest BCUT2D eigenvalue weighted by Gasteiger charge is -2.20. The van der Waals surface area contributed by atoms with Gasteiger partial charge in [-0.05, 0) is 42.4 Å². The van der Waals surface area contributed by atoms with Crippen molar-refractivity contribution in [1.82, 2.24) is 10.2 Å². The molecule has 20 heavy (non-hydrogen) atoms. The second-order valence-electron chi connectivity index (χ2n) is 5.31. The Balaban J connectivity index is 1.95. The Bertz CT molecular complexity index is 532. The van der Waals surface area contributed by atoms with Gasteiger partial charge < -0.3 is 10.2 Å². The normalized spacial score (nSPS) is 13.0. The van der Waals surface area contributed by atoms with Gasteiger partial charge in [0.05, 0.1) is 0 Å². The Morgan fingerprint density at radius 3 is 2.40 bits per heavy atom. The summed E-state index contributed by atoms with van der Waals surface area (Å²) in [7, 11) is 0. The standard InChI is InChI=1S/C18H26N2/c1-4-20(5-2)13-12-19-15(3)17-11-10-16-8-6-7-9-18(16)14-17/h6-11,14-15,19H,4-5,12-13H2,1-3H3. The Kier molecular flexibility index (Phi) is 5.57. The molecule has 2 aromatic rings. The second kappa shape index (κ2) is 7.41. The van der Waals surface area contributed by atoms with Crippen LogP contribution in [-0.4, -0.2) is 31.1 Å². The van der Waals surface area contributed by atoms with Gasteiger partial charge in [-0.15, -0.1) is 0 Å². The van der Waals surface area contributed by atoms with Crippen molar-refractivity contribution in [2.45, 2.75) is 26.8 Å². The highest BCUT2D eigenvalue weighted by molar-refractivity contribution is 5.83. The minimum Gasteiger partial charge on any atom is -0.309 e. The van der Waals surface area contributed by atoms with Crippen LogP contribution in [0.15, 0.2) is 42.5 Å². The first-order valence-electron chi connectivity index (χ1n) is 7.69. The van der Waals surface area contributed by atoms with Gasteiger partial charge in [0.1, 0.15) is 0 Å². The van der Waals surface area contributed by atoms with E-state index in [1.807, 2.05) is 0 Å². The van der Waals surface area contributed by atoms with Crippen LogP contribution in [0.2, 0.25) is 0 Å². The molecule has 2 nitrogen and oxygen atoms in total. The van der Waals surface area contributed by atoms with Crippen LogP contribution >= 0.6 is 0 Å². The number of hydrogen-bond donors (Lipinski definition) is 1. The van der Waals surface area contributed by atoms with Gasteiger partial charge in [-0.2, -0.15) is 0 Å². The van der Waals surface area contributed by atoms with Crippen molar-refractivity contribution in [2.75, 3.05) is 26.2 Å². The van der Waals surface area contributed by atoms with Gasteiger partial charge in [0, 0.05) is 19.1 Å². The summed E-state index contributed by atoms with van der Waals surface area (Å²) in [5, 5.41) is 6.25. The molecule has 0 amide bonds. The largest absolute Gasteiger partial charge is 0.309 e. The van der Waals surface area contributed by atoms with E-state index in [2.05, 4.69) is 73.5 Å². The number of benzene rings is 2. The Labute approximate surface area is 122 Å². The molecule has 0 aliphatic carbocycles. The monoisotopic (exact) mass is 270 g/mol. The van der Waals surface area contributed by atoms with Gasteiger partial charge in [-0.1, -0.05) is 50.2 Å². The fourth-order valence-electron chi connectivity index (χ4n) is 2.57. The topological polar surface area (TPSA) is 15.3 Å². The minimum atomic E-state index is 0.398. The summed E-state index contributed by atoms with van der Waals surface area (Å²) in [6.45, 7) is 11.1. The molecule has 0 saturated carbocycles. The summed E-state index contributed by atoms with van der Waals surface area (Å²) in [6.07, 6.45) is 0. The lowest BCUT2D eigenvalue weighted by Crippen LogP contribution is -2.33. The molecule has 0 aromatic heterocycles. The molecule has 0 bridgehead atoms. The van der Waals surface area contributed by atoms with E-state index >= 15 is 0 Å². The highest BCUT2D eigenvalue weighted by Gasteiger charge is 2.06. The van der Waals surface area contributed by atoms with E-state index in [4.69, 9.17) is 0 Å². The van der Waals surface area contributed by atoms with Gasteiger partial charge in [-0.25, -0.2) is 0 Å². The van der Waals surface area contributed by atoms with Gasteiger partial charge in [0.2, 0.25) is 0 Å². The molecule has 0 saturated heterocycles. The van der Waals surface area contributed by atoms with Crippen molar-refractivity contribution in [2.24, 2.45) is 0 Å². The zero-order valence-electron chi connectivity index (χ0n) is 12.9. The lowest BCUT2D eigenvalue weighted by molar-refractivity contribution is 0.298. The average Bonchev–Trinajstić information content (AvgIpc) is 2.51. The van der Waals surface area contributed by atoms with E-state index in [1.165, 1.54) is 16.3 Å². The number of nitrogens with one attached hydrogen (secondary N) is 1. The maximum atomic E-state index is 3.62. The number of hydrogen-bond acceptors (Lipinski definition) is 2. The van der Waals surface area contributed by atoms with Crippen LogP contribution in [0.3, 0.4) is 0 Å². The quantitative estimate of drug-likeness (QED) is 0.822. The van der Waals surface area contributed by atoms with Gasteiger partial charge in [-0.3, -0.25) is 0 Å². The van der Waals surface area contributed by atoms with Crippen LogP contribution in [0.5, 0.6) is 0 Å². The number of likely N-dealkylation sites (N-methyl/N-ethyl adjacent to an activating group) is 1. The predicted octanol–water partition coefficient (Wildman–Crippen LogP) is 3.83. The molecule has 1 unspecified atom stereocenters. The highest BCUT2D eigenvalue weighted by Crippen LogP contribution is 2.20. The molecular formula is C18H26N2. The van der Waals surface area contributed by atoms with Gasteiger partial charge in [0.25, 0.3) is 0 Å². The molecule has 2 heteroatoms. The van der Waals surface area contributed by atoms with Crippen molar-refractivity contribution in [3.63, 3.8) is 0 Å². The predicted molar refractivity (Wildman–Crippen MR) is 88.2 cm³/mol. The molecular weight excluding hydrogens is 244 g/mol. The lowest BCUT2D eigenvalue weighted by atomic mass is 10.0. The number of fused-ring (bicyclic) bond motifs is 1. The van der Waals surface area contributed by atoms with Crippen LogP contribution < -0.4 is 5.32 Å². The van der Waals surface area contributed by atoms with E-state index in [-0.39, 0.29) is 0 Å². The summed E-state index contributed by atoms with van der Waals surface area (Å²) in [5.74, 6) is 0. The SMILES string of the molecule is CCN(CC)CCNC(C)c1ccc2ccccc2c1. The molecule has 1 atom stereocenters. The second-order valence-corrected chi connectivity index (χ2v) is 5.31. The Morgan fingerprint density at radius 2 is 1.70 bits per heavy atom. The maximum Gasteiger partial charge on any atom is 0.0292 e. The van der Waals surface area contributed by atoms with Crippen molar-refractivity contribution >= 4 is 10.8 Å². The van der Waals surface area contributed by atoms with E-state index in [1.54, 1.807) is 0 Å². The first-order chi connectivity index (χ1) is 9.74. The minimum absolute atomic E-state index is 0.398. The van der Waals surface area contributed by atoms with Gasteiger partial charge in [0.15, 0.2) is 0 Å². The summed E-state index contributed by atoms with van der Waals surface area (Å²) < 4.78 is 0. The summed E-state index contributed by atoms with van der Waals surface area (Å²) in [4.78, 5) is 2.44. The number of rotatable bonds is 7. The third-order valence-electron chi connectivity index (χ3n) is 4.05. The van der Waals surface area contributed by atoms with Crippen molar-refractivity contribution in [1.29, 1.82) is 0 Å². The molecule has 0 radical (unpaired) electrons. The Morgan fingerprint density at radius 1 is 1.00 bits per heavy atom. The Hall–Kier alpha value is -1.38. The van der Waals surface area contributed by atoms with Crippen LogP contribution in [0.4, 0.5) is 0 Å². The first kappa shape index (κ1) is 15.0. The first-order valence-corrected chi connectivity index (χ1v) is 7.69. The van der Waals surface area contributed by atoms with E-state index in [0.29, 0.717) is 6.04 Å². The van der Waals surface area contributed by atoms with Crippen LogP contribution in [0, 0.1) is 0 Å². The summed E-state index contributed by atoms with van der Waals surface area (Å²) in [6, 6.07) is 15.7. The van der Waals surface area contributed by atoms with Crippen molar-refractivity contribution in [3.8, 4) is 0 Å². The van der Waals surface area contributed by atoms with Crippen LogP contribution in [0.25, 0.3) is 10.8 Å². The molecule has 0 aliphatic heterocycles. The van der Waals surface area contributed by atoms with Crippen molar-refractivity contribution < 1.29 is 0 Å². The maximum absolute atomic E-state index is 3.62. The highest BCUT2D eigenvalue weighted by atomic mass is 15.1. The molecule has 1 N–H and O–H groups in total. The third-order valence-corrected chi connectivity index (χ3v) is 4.05. The fourth-order valence-corrected chi connectivity index (χ4v) is 2.57. The fraction of sp³-hybridized carbons (Fsp3) is 0.444. The molecule has 2 aromatic carbocycles. The summed E-state index contributed by atoms with van der Waals surface area (Å²) in [5.41, 5.74) is 1.36. The van der Waals surface area contributed by atoms with E-state index in [0.717, 1.165) is 26.2 Å². The molecule has 2 rings (SSSR count). The smallest absolute Gasteiger partial charge is 0.0292 e. The van der Waals surface area contributed by atoms with E-state index in [9.17, 15) is 0 Å². The zero-order valence-corrected chi connectivity index (χ0v) is 12.9. The van der Waals surface area contributed by atoms with E-state index < -0.39 is 0 Å². The molecule has 0 spiro atoms. The van der Waals surface area contributed by atoms with Gasteiger partial charge >= 0.3 is 0 Å². The number of nitrogens with zero attached hydrogens (tertiary/aromatic N) is 1. The van der Waals surface area contributed by atoms with Crippen LogP contribution in [0.1, 0.15) is 32.4 Å². The average molecular weight is 270 g/mol. The van der Waals surface area contributed by atoms with Crippen LogP contribution in [-0.2, 0) is 0 Å². The molecule has 108 valence electrons. The molecule has 0 fully saturated rings. The molecule has 0 heterocycles.